The number of nitrogens with one attached hydrogen (secondary N) is 1. The van der Waals surface area contributed by atoms with Gasteiger partial charge in [-0.05, 0) is 83.9 Å². The molecule has 12 nitrogen and oxygen atoms in total. The van der Waals surface area contributed by atoms with Gasteiger partial charge in [-0.25, -0.2) is 8.93 Å². The molecule has 2 aromatic carbocycles. The summed E-state index contributed by atoms with van der Waals surface area (Å²) in [6.45, 7) is 13.3. The van der Waals surface area contributed by atoms with Crippen LogP contribution in [0.1, 0.15) is 82.1 Å². The highest BCUT2D eigenvalue weighted by molar-refractivity contribution is 7.90. The maximum Gasteiger partial charge on any atom is 0.282 e. The fourth-order valence-electron chi connectivity index (χ4n) is 3.80. The third-order valence-electron chi connectivity index (χ3n) is 6.69. The van der Waals surface area contributed by atoms with Crippen LogP contribution in [-0.4, -0.2) is 56.4 Å². The maximum atomic E-state index is 12.7. The van der Waals surface area contributed by atoms with Gasteiger partial charge in [-0.1, -0.05) is 49.2 Å². The van der Waals surface area contributed by atoms with Gasteiger partial charge in [0, 0.05) is 25.5 Å². The lowest BCUT2D eigenvalue weighted by molar-refractivity contribution is 0.399. The Morgan fingerprint density at radius 1 is 0.761 bits per heavy atom. The summed E-state index contributed by atoms with van der Waals surface area (Å²) in [7, 11) is -7.63. The van der Waals surface area contributed by atoms with E-state index in [0.29, 0.717) is 24.2 Å². The van der Waals surface area contributed by atoms with Gasteiger partial charge in [0.1, 0.15) is 0 Å². The predicted molar refractivity (Wildman–Crippen MR) is 181 cm³/mol. The molecular weight excluding hydrogens is 649 g/mol. The average Bonchev–Trinajstić information content (AvgIpc) is 3.73. The lowest BCUT2D eigenvalue weighted by Gasteiger charge is -2.22. The van der Waals surface area contributed by atoms with Crippen molar-refractivity contribution in [2.75, 3.05) is 7.11 Å². The first-order valence-electron chi connectivity index (χ1n) is 14.6. The summed E-state index contributed by atoms with van der Waals surface area (Å²) >= 11 is 0. The number of nitrogens with zero attached hydrogens (tertiary/aromatic N) is 4. The third kappa shape index (κ3) is 9.89. The molecule has 4 rings (SSSR count). The molecule has 0 aliphatic heterocycles. The highest BCUT2D eigenvalue weighted by atomic mass is 32.2. The quantitative estimate of drug-likeness (QED) is 0.217. The van der Waals surface area contributed by atoms with Gasteiger partial charge < -0.3 is 10.8 Å². The summed E-state index contributed by atoms with van der Waals surface area (Å²) in [6, 6.07) is 16.1. The number of aromatic nitrogens is 4. The summed E-state index contributed by atoms with van der Waals surface area (Å²) in [5.74, 6) is 0. The Labute approximate surface area is 275 Å². The number of aliphatic hydroxyl groups excluding tert-OH is 1. The number of hydrogen-bond acceptors (Lipinski definition) is 9. The molecule has 254 valence electrons. The molecule has 0 bridgehead atoms. The Hall–Kier alpha value is -3.21. The number of nitrogens with two attached hydrogens (primary N) is 1. The van der Waals surface area contributed by atoms with E-state index in [-0.39, 0.29) is 21.9 Å². The number of benzene rings is 2. The van der Waals surface area contributed by atoms with Gasteiger partial charge in [0.15, 0.2) is 0 Å². The van der Waals surface area contributed by atoms with E-state index in [1.807, 2.05) is 48.5 Å². The van der Waals surface area contributed by atoms with E-state index in [4.69, 9.17) is 10.8 Å². The van der Waals surface area contributed by atoms with Crippen LogP contribution >= 0.6 is 0 Å². The molecule has 46 heavy (non-hydrogen) atoms. The number of rotatable bonds is 10. The smallest absolute Gasteiger partial charge is 0.282 e. The Bertz CT molecular complexity index is 1780. The zero-order valence-corrected chi connectivity index (χ0v) is 30.0. The van der Waals surface area contributed by atoms with Crippen LogP contribution in [0.3, 0.4) is 0 Å². The molecule has 0 fully saturated rings. The molecule has 2 heterocycles. The Kier molecular flexibility index (Phi) is 14.0. The van der Waals surface area contributed by atoms with Crippen molar-refractivity contribution in [2.45, 2.75) is 87.9 Å². The van der Waals surface area contributed by atoms with E-state index in [1.54, 1.807) is 60.7 Å². The molecule has 0 amide bonds. The highest BCUT2D eigenvalue weighted by Gasteiger charge is 2.26. The van der Waals surface area contributed by atoms with Gasteiger partial charge in [0.2, 0.25) is 0 Å². The van der Waals surface area contributed by atoms with Crippen molar-refractivity contribution in [3.63, 3.8) is 0 Å². The zero-order valence-electron chi connectivity index (χ0n) is 27.6. The van der Waals surface area contributed by atoms with Crippen LogP contribution in [0.25, 0.3) is 0 Å². The molecule has 2 aromatic heterocycles. The monoisotopic (exact) mass is 694 g/mol. The molecule has 0 aliphatic rings. The number of aryl methyl sites for hydroxylation is 2. The van der Waals surface area contributed by atoms with Crippen molar-refractivity contribution in [1.82, 2.24) is 23.1 Å². The highest BCUT2D eigenvalue weighted by Crippen LogP contribution is 2.21. The molecule has 0 unspecified atom stereocenters. The minimum Gasteiger partial charge on any atom is -0.400 e. The molecule has 3 atom stereocenters. The fraction of sp³-hybridized carbons (Fsp3) is 0.419. The second-order valence-electron chi connectivity index (χ2n) is 11.3. The first-order valence-corrected chi connectivity index (χ1v) is 18.7. The number of hydrogen-bond donors (Lipinski definition) is 3. The van der Waals surface area contributed by atoms with Gasteiger partial charge in [0.05, 0.1) is 43.0 Å². The standard InChI is InChI=1S/C17H25N3O3S2.C13H17N3O2S.CH4O/c1-6-15(19-24(21)17(3,4)5)16-11-12-20(18-16)25(22,23)14-9-7-13(2)8-10-14;1-3-12(14)13-8-9-16(15-13)19(17,18)11-6-4-10(2)5-7-11;1-2/h7-12,15,19H,6H2,1-5H3;4-9,12H,3,14H2,1-2H3;2H,1H3/t15-,24+;12-;/m00./s1. The van der Waals surface area contributed by atoms with Gasteiger partial charge in [-0.3, -0.25) is 0 Å². The topological polar surface area (TPSA) is 179 Å². The fourth-order valence-corrected chi connectivity index (χ4v) is 6.93. The second kappa shape index (κ2) is 16.6. The van der Waals surface area contributed by atoms with E-state index in [1.165, 1.54) is 12.4 Å². The van der Waals surface area contributed by atoms with E-state index < -0.39 is 35.8 Å². The van der Waals surface area contributed by atoms with Crippen molar-refractivity contribution in [3.05, 3.63) is 95.6 Å². The largest absolute Gasteiger partial charge is 0.400 e. The van der Waals surface area contributed by atoms with Crippen LogP contribution in [0, 0.1) is 13.8 Å². The molecule has 0 aliphatic carbocycles. The molecule has 4 aromatic rings. The van der Waals surface area contributed by atoms with E-state index in [0.717, 1.165) is 26.4 Å². The summed E-state index contributed by atoms with van der Waals surface area (Å²) in [4.78, 5) is 0.407. The SMILES string of the molecule is CC[C@H](N)c1ccn(S(=O)(=O)c2ccc(C)cc2)n1.CC[C@H](N[S@](=O)C(C)(C)C)c1ccn(S(=O)(=O)c2ccc(C)cc2)n1.CO. The Balaban J connectivity index is 0.000000314. The van der Waals surface area contributed by atoms with Gasteiger partial charge in [0.25, 0.3) is 20.0 Å². The van der Waals surface area contributed by atoms with Crippen LogP contribution < -0.4 is 10.5 Å². The Morgan fingerprint density at radius 3 is 1.52 bits per heavy atom. The maximum absolute atomic E-state index is 12.7. The Morgan fingerprint density at radius 2 is 1.15 bits per heavy atom. The van der Waals surface area contributed by atoms with Gasteiger partial charge in [-0.15, -0.1) is 0 Å². The molecule has 15 heteroatoms. The molecule has 0 saturated carbocycles. The summed E-state index contributed by atoms with van der Waals surface area (Å²) in [5, 5.41) is 15.3. The summed E-state index contributed by atoms with van der Waals surface area (Å²) in [6.07, 6.45) is 4.21. The van der Waals surface area contributed by atoms with Gasteiger partial charge >= 0.3 is 0 Å². The van der Waals surface area contributed by atoms with E-state index >= 15 is 0 Å². The van der Waals surface area contributed by atoms with Crippen LogP contribution in [0.15, 0.2) is 82.8 Å². The number of aliphatic hydroxyl groups is 1. The second-order valence-corrected chi connectivity index (χ2v) is 16.9. The normalized spacial score (nSPS) is 13.9. The average molecular weight is 695 g/mol. The van der Waals surface area contributed by atoms with Crippen molar-refractivity contribution in [1.29, 1.82) is 0 Å². The van der Waals surface area contributed by atoms with Crippen LogP contribution in [-0.2, 0) is 31.0 Å². The molecular formula is C31H46N6O6S3. The summed E-state index contributed by atoms with van der Waals surface area (Å²) in [5.41, 5.74) is 8.97. The summed E-state index contributed by atoms with van der Waals surface area (Å²) < 4.78 is 66.9. The van der Waals surface area contributed by atoms with Crippen molar-refractivity contribution in [2.24, 2.45) is 5.73 Å². The minimum absolute atomic E-state index is 0.187. The predicted octanol–water partition coefficient (Wildman–Crippen LogP) is 4.38. The zero-order chi connectivity index (χ0) is 34.9. The van der Waals surface area contributed by atoms with Gasteiger partial charge in [-0.2, -0.15) is 35.2 Å². The molecule has 0 spiro atoms. The first kappa shape index (κ1) is 39.0. The molecule has 0 radical (unpaired) electrons. The van der Waals surface area contributed by atoms with E-state index in [2.05, 4.69) is 14.9 Å². The molecule has 0 saturated heterocycles. The first-order chi connectivity index (χ1) is 21.5. The van der Waals surface area contributed by atoms with Crippen molar-refractivity contribution in [3.8, 4) is 0 Å². The third-order valence-corrected chi connectivity index (χ3v) is 11.4. The van der Waals surface area contributed by atoms with Crippen molar-refractivity contribution < 1.29 is 26.2 Å². The van der Waals surface area contributed by atoms with Crippen LogP contribution in [0.4, 0.5) is 0 Å². The minimum atomic E-state index is -3.73. The van der Waals surface area contributed by atoms with Crippen LogP contribution in [0.2, 0.25) is 0 Å². The lowest BCUT2D eigenvalue weighted by atomic mass is 10.2. The lowest BCUT2D eigenvalue weighted by Crippen LogP contribution is -2.35. The van der Waals surface area contributed by atoms with Crippen LogP contribution in [0.5, 0.6) is 0 Å². The van der Waals surface area contributed by atoms with Crippen molar-refractivity contribution >= 4 is 31.0 Å². The van der Waals surface area contributed by atoms with E-state index in [9.17, 15) is 21.0 Å². The molecule has 4 N–H and O–H groups in total.